The number of benzene rings is 2. The second-order valence-electron chi connectivity index (χ2n) is 5.19. The van der Waals surface area contributed by atoms with E-state index in [1.54, 1.807) is 24.3 Å². The molecule has 2 rings (SSSR count). The first-order valence-corrected chi connectivity index (χ1v) is 8.75. The molecule has 2 aromatic carbocycles. The first-order valence-electron chi connectivity index (χ1n) is 6.93. The maximum Gasteiger partial charge on any atom is 0.269 e. The molecule has 0 spiro atoms. The van der Waals surface area contributed by atoms with Crippen molar-refractivity contribution in [1.29, 1.82) is 0 Å². The largest absolute Gasteiger partial charge is 0.323 e. The minimum Gasteiger partial charge on any atom is -0.323 e. The zero-order valence-electron chi connectivity index (χ0n) is 12.8. The molecule has 0 saturated heterocycles. The third-order valence-electron chi connectivity index (χ3n) is 3.51. The van der Waals surface area contributed by atoms with Gasteiger partial charge < -0.3 is 5.73 Å². The predicted molar refractivity (Wildman–Crippen MR) is 91.3 cm³/mol. The average molecular weight is 370 g/mol. The molecule has 0 heterocycles. The summed E-state index contributed by atoms with van der Waals surface area (Å²) < 4.78 is 26.1. The van der Waals surface area contributed by atoms with Gasteiger partial charge in [-0.05, 0) is 29.8 Å². The minimum atomic E-state index is -3.79. The molecule has 2 N–H and O–H groups in total. The Balaban J connectivity index is 2.16. The monoisotopic (exact) mass is 369 g/mol. The molecule has 0 fully saturated rings. The van der Waals surface area contributed by atoms with Crippen LogP contribution in [-0.2, 0) is 10.0 Å². The summed E-state index contributed by atoms with van der Waals surface area (Å²) in [5, 5.41) is 11.2. The van der Waals surface area contributed by atoms with Crippen LogP contribution in [0.2, 0.25) is 5.02 Å². The van der Waals surface area contributed by atoms with Gasteiger partial charge in [-0.25, -0.2) is 8.42 Å². The van der Waals surface area contributed by atoms with Gasteiger partial charge in [-0.3, -0.25) is 10.1 Å². The van der Waals surface area contributed by atoms with E-state index in [9.17, 15) is 18.5 Å². The standard InChI is InChI=1S/C15H16ClN3O4S/c1-18(10-15(17)11-2-4-12(16)5-3-11)24(22,23)14-8-6-13(7-9-14)19(20)21/h2-9,15H,10,17H2,1H3/t15-/m0/s1. The maximum absolute atomic E-state index is 12.5. The number of nitrogens with zero attached hydrogens (tertiary/aromatic N) is 2. The van der Waals surface area contributed by atoms with Crippen molar-refractivity contribution in [3.63, 3.8) is 0 Å². The summed E-state index contributed by atoms with van der Waals surface area (Å²) in [7, 11) is -2.38. The number of nitro benzene ring substituents is 1. The van der Waals surface area contributed by atoms with Crippen LogP contribution in [0.3, 0.4) is 0 Å². The van der Waals surface area contributed by atoms with Crippen LogP contribution < -0.4 is 5.73 Å². The normalized spacial score (nSPS) is 13.0. The molecule has 0 saturated carbocycles. The number of halogens is 1. The molecule has 1 atom stereocenters. The van der Waals surface area contributed by atoms with Crippen LogP contribution in [0.15, 0.2) is 53.4 Å². The lowest BCUT2D eigenvalue weighted by molar-refractivity contribution is -0.384. The Hall–Kier alpha value is -2.00. The Morgan fingerprint density at radius 1 is 1.17 bits per heavy atom. The second-order valence-corrected chi connectivity index (χ2v) is 7.68. The smallest absolute Gasteiger partial charge is 0.269 e. The van der Waals surface area contributed by atoms with Crippen molar-refractivity contribution in [3.8, 4) is 0 Å². The van der Waals surface area contributed by atoms with Gasteiger partial charge in [0.05, 0.1) is 9.82 Å². The SMILES string of the molecule is CN(C[C@H](N)c1ccc(Cl)cc1)S(=O)(=O)c1ccc([N+](=O)[O-])cc1. The summed E-state index contributed by atoms with van der Waals surface area (Å²) in [5.41, 5.74) is 6.63. The molecule has 0 unspecified atom stereocenters. The first-order chi connectivity index (χ1) is 11.2. The third-order valence-corrected chi connectivity index (χ3v) is 5.60. The third kappa shape index (κ3) is 4.09. The van der Waals surface area contributed by atoms with Crippen molar-refractivity contribution in [1.82, 2.24) is 4.31 Å². The minimum absolute atomic E-state index is 0.0288. The molecule has 0 bridgehead atoms. The van der Waals surface area contributed by atoms with E-state index in [0.717, 1.165) is 22.0 Å². The Kier molecular flexibility index (Phi) is 5.55. The quantitative estimate of drug-likeness (QED) is 0.622. The highest BCUT2D eigenvalue weighted by atomic mass is 35.5. The Labute approximate surface area is 144 Å². The van der Waals surface area contributed by atoms with Crippen molar-refractivity contribution in [2.75, 3.05) is 13.6 Å². The van der Waals surface area contributed by atoms with Gasteiger partial charge in [0.25, 0.3) is 5.69 Å². The van der Waals surface area contributed by atoms with E-state index in [1.807, 2.05) is 0 Å². The van der Waals surface area contributed by atoms with E-state index in [4.69, 9.17) is 17.3 Å². The maximum atomic E-state index is 12.5. The number of non-ortho nitro benzene ring substituents is 1. The summed E-state index contributed by atoms with van der Waals surface area (Å²) >= 11 is 5.81. The summed E-state index contributed by atoms with van der Waals surface area (Å²) in [6, 6.07) is 11.0. The molecular weight excluding hydrogens is 354 g/mol. The fraction of sp³-hybridized carbons (Fsp3) is 0.200. The molecule has 0 aliphatic heterocycles. The molecular formula is C15H16ClN3O4S. The van der Waals surface area contributed by atoms with E-state index in [0.29, 0.717) is 5.02 Å². The fourth-order valence-electron chi connectivity index (χ4n) is 2.11. The highest BCUT2D eigenvalue weighted by molar-refractivity contribution is 7.89. The number of rotatable bonds is 6. The predicted octanol–water partition coefficient (Wildman–Crippen LogP) is 2.57. The molecule has 0 aliphatic carbocycles. The van der Waals surface area contributed by atoms with Crippen LogP contribution in [0, 0.1) is 10.1 Å². The van der Waals surface area contributed by atoms with Crippen molar-refractivity contribution in [3.05, 3.63) is 69.2 Å². The molecule has 24 heavy (non-hydrogen) atoms. The van der Waals surface area contributed by atoms with Crippen LogP contribution in [-0.4, -0.2) is 31.2 Å². The fourth-order valence-corrected chi connectivity index (χ4v) is 3.43. The van der Waals surface area contributed by atoms with Crippen LogP contribution in [0.5, 0.6) is 0 Å². The van der Waals surface area contributed by atoms with Crippen molar-refractivity contribution in [2.24, 2.45) is 5.73 Å². The van der Waals surface area contributed by atoms with Gasteiger partial charge in [0, 0.05) is 36.8 Å². The zero-order chi connectivity index (χ0) is 17.9. The molecule has 0 radical (unpaired) electrons. The van der Waals surface area contributed by atoms with Gasteiger partial charge >= 0.3 is 0 Å². The van der Waals surface area contributed by atoms with Crippen LogP contribution in [0.1, 0.15) is 11.6 Å². The van der Waals surface area contributed by atoms with Gasteiger partial charge in [-0.15, -0.1) is 0 Å². The van der Waals surface area contributed by atoms with E-state index in [1.165, 1.54) is 19.2 Å². The topological polar surface area (TPSA) is 107 Å². The molecule has 0 aromatic heterocycles. The number of hydrogen-bond donors (Lipinski definition) is 1. The summed E-state index contributed by atoms with van der Waals surface area (Å²) in [6.07, 6.45) is 0. The van der Waals surface area contributed by atoms with Gasteiger partial charge in [-0.1, -0.05) is 23.7 Å². The van der Waals surface area contributed by atoms with Gasteiger partial charge in [-0.2, -0.15) is 4.31 Å². The highest BCUT2D eigenvalue weighted by Crippen LogP contribution is 2.21. The van der Waals surface area contributed by atoms with Crippen molar-refractivity contribution >= 4 is 27.3 Å². The Morgan fingerprint density at radius 3 is 2.21 bits per heavy atom. The summed E-state index contributed by atoms with van der Waals surface area (Å²) in [5.74, 6) is 0. The number of nitro groups is 1. The Morgan fingerprint density at radius 2 is 1.71 bits per heavy atom. The second kappa shape index (κ2) is 7.27. The van der Waals surface area contributed by atoms with E-state index < -0.39 is 21.0 Å². The molecule has 0 aliphatic rings. The highest BCUT2D eigenvalue weighted by Gasteiger charge is 2.23. The number of sulfonamides is 1. The van der Waals surface area contributed by atoms with Crippen molar-refractivity contribution < 1.29 is 13.3 Å². The Bertz CT molecular complexity index is 823. The molecule has 128 valence electrons. The van der Waals surface area contributed by atoms with E-state index in [-0.39, 0.29) is 17.1 Å². The molecule has 2 aromatic rings. The van der Waals surface area contributed by atoms with Crippen LogP contribution in [0.4, 0.5) is 5.69 Å². The summed E-state index contributed by atoms with van der Waals surface area (Å²) in [4.78, 5) is 10.0. The van der Waals surface area contributed by atoms with Gasteiger partial charge in [0.2, 0.25) is 10.0 Å². The molecule has 7 nitrogen and oxygen atoms in total. The van der Waals surface area contributed by atoms with E-state index >= 15 is 0 Å². The average Bonchev–Trinajstić information content (AvgIpc) is 2.55. The van der Waals surface area contributed by atoms with Gasteiger partial charge in [0.1, 0.15) is 0 Å². The van der Waals surface area contributed by atoms with Crippen LogP contribution >= 0.6 is 11.6 Å². The number of hydrogen-bond acceptors (Lipinski definition) is 5. The van der Waals surface area contributed by atoms with Crippen LogP contribution in [0.25, 0.3) is 0 Å². The van der Waals surface area contributed by atoms with E-state index in [2.05, 4.69) is 0 Å². The lowest BCUT2D eigenvalue weighted by Crippen LogP contribution is -2.34. The molecule has 9 heteroatoms. The number of likely N-dealkylation sites (N-methyl/N-ethyl adjacent to an activating group) is 1. The lowest BCUT2D eigenvalue weighted by atomic mass is 10.1. The number of nitrogens with two attached hydrogens (primary N) is 1. The summed E-state index contributed by atoms with van der Waals surface area (Å²) in [6.45, 7) is 0.0565. The zero-order valence-corrected chi connectivity index (χ0v) is 14.4. The van der Waals surface area contributed by atoms with Gasteiger partial charge in [0.15, 0.2) is 0 Å². The molecule has 0 amide bonds. The first kappa shape index (κ1) is 18.3. The lowest BCUT2D eigenvalue weighted by Gasteiger charge is -2.21. The van der Waals surface area contributed by atoms with Crippen molar-refractivity contribution in [2.45, 2.75) is 10.9 Å².